The topological polar surface area (TPSA) is 108 Å². The Kier molecular flexibility index (Phi) is 8.02. The van der Waals surface area contributed by atoms with E-state index in [1.54, 1.807) is 30.3 Å². The normalized spacial score (nSPS) is 10.7. The summed E-state index contributed by atoms with van der Waals surface area (Å²) in [4.78, 5) is 30.1. The number of carbonyl (C=O) groups is 1. The van der Waals surface area contributed by atoms with Crippen molar-refractivity contribution in [3.8, 4) is 39.8 Å². The molecule has 222 valence electrons. The summed E-state index contributed by atoms with van der Waals surface area (Å²) in [7, 11) is 0. The second-order valence-corrected chi connectivity index (χ2v) is 9.78. The summed E-state index contributed by atoms with van der Waals surface area (Å²) in [5, 5.41) is 2.54. The molecule has 1 amide bonds. The first kappa shape index (κ1) is 28.8. The van der Waals surface area contributed by atoms with Crippen LogP contribution in [-0.2, 0) is 0 Å². The van der Waals surface area contributed by atoms with Gasteiger partial charge in [-0.3, -0.25) is 14.2 Å². The SMILES string of the molecule is Nc1nccc(Oc2ccc(NC(=O)c3cccn(-c4ccc(F)cc4)c3=O)cc2F)c1-c1ccc(Oc2ccccc2)cc1. The number of para-hydroxylation sites is 1. The smallest absolute Gasteiger partial charge is 0.267 e. The fourth-order valence-electron chi connectivity index (χ4n) is 4.60. The molecule has 10 heteroatoms. The minimum Gasteiger partial charge on any atom is -0.457 e. The van der Waals surface area contributed by atoms with Gasteiger partial charge in [-0.1, -0.05) is 30.3 Å². The summed E-state index contributed by atoms with van der Waals surface area (Å²) in [5.74, 6) is -0.335. The largest absolute Gasteiger partial charge is 0.457 e. The van der Waals surface area contributed by atoms with E-state index < -0.39 is 23.1 Å². The van der Waals surface area contributed by atoms with Crippen molar-refractivity contribution in [3.05, 3.63) is 155 Å². The Bertz CT molecular complexity index is 2050. The van der Waals surface area contributed by atoms with Crippen molar-refractivity contribution in [3.63, 3.8) is 0 Å². The monoisotopic (exact) mass is 602 g/mol. The molecule has 4 aromatic carbocycles. The van der Waals surface area contributed by atoms with Crippen molar-refractivity contribution in [2.45, 2.75) is 0 Å². The molecule has 8 nitrogen and oxygen atoms in total. The number of halogens is 2. The molecule has 6 rings (SSSR count). The van der Waals surface area contributed by atoms with E-state index in [1.165, 1.54) is 65.5 Å². The van der Waals surface area contributed by atoms with E-state index in [4.69, 9.17) is 15.2 Å². The van der Waals surface area contributed by atoms with Crippen LogP contribution >= 0.6 is 0 Å². The fourth-order valence-corrected chi connectivity index (χ4v) is 4.60. The molecule has 0 spiro atoms. The number of amides is 1. The van der Waals surface area contributed by atoms with Gasteiger partial charge in [-0.15, -0.1) is 0 Å². The molecule has 0 aliphatic rings. The van der Waals surface area contributed by atoms with Crippen molar-refractivity contribution in [2.75, 3.05) is 11.1 Å². The first-order valence-corrected chi connectivity index (χ1v) is 13.7. The number of carbonyl (C=O) groups excluding carboxylic acids is 1. The number of aromatic nitrogens is 2. The maximum Gasteiger partial charge on any atom is 0.267 e. The van der Waals surface area contributed by atoms with Gasteiger partial charge in [0.1, 0.15) is 34.4 Å². The number of benzene rings is 4. The van der Waals surface area contributed by atoms with Crippen LogP contribution in [0.1, 0.15) is 10.4 Å². The number of nitrogen functional groups attached to an aromatic ring is 1. The third-order valence-corrected chi connectivity index (χ3v) is 6.77. The number of anilines is 2. The van der Waals surface area contributed by atoms with Crippen LogP contribution in [0.25, 0.3) is 16.8 Å². The van der Waals surface area contributed by atoms with Crippen LogP contribution in [0, 0.1) is 11.6 Å². The van der Waals surface area contributed by atoms with Gasteiger partial charge in [0, 0.05) is 29.8 Å². The summed E-state index contributed by atoms with van der Waals surface area (Å²) in [6.45, 7) is 0. The molecule has 0 radical (unpaired) electrons. The van der Waals surface area contributed by atoms with E-state index in [1.807, 2.05) is 30.3 Å². The fraction of sp³-hybridized carbons (Fsp3) is 0. The predicted octanol–water partition coefficient (Wildman–Crippen LogP) is 7.60. The molecule has 0 aliphatic heterocycles. The van der Waals surface area contributed by atoms with Gasteiger partial charge in [0.05, 0.1) is 5.56 Å². The zero-order valence-electron chi connectivity index (χ0n) is 23.5. The number of pyridine rings is 2. The number of nitrogens with two attached hydrogens (primary N) is 1. The zero-order valence-corrected chi connectivity index (χ0v) is 23.5. The number of rotatable bonds is 8. The number of hydrogen-bond donors (Lipinski definition) is 2. The lowest BCUT2D eigenvalue weighted by molar-refractivity contribution is 0.102. The van der Waals surface area contributed by atoms with Crippen LogP contribution in [-0.4, -0.2) is 15.5 Å². The summed E-state index contributed by atoms with van der Waals surface area (Å²) >= 11 is 0. The Morgan fingerprint density at radius 3 is 2.24 bits per heavy atom. The quantitative estimate of drug-likeness (QED) is 0.186. The van der Waals surface area contributed by atoms with Gasteiger partial charge in [-0.25, -0.2) is 13.8 Å². The summed E-state index contributed by atoms with van der Waals surface area (Å²) in [5.41, 5.74) is 7.02. The second kappa shape index (κ2) is 12.5. The molecule has 0 atom stereocenters. The molecular weight excluding hydrogens is 578 g/mol. The van der Waals surface area contributed by atoms with E-state index >= 15 is 4.39 Å². The molecular formula is C35H24F2N4O4. The maximum atomic E-state index is 15.2. The van der Waals surface area contributed by atoms with Gasteiger partial charge in [-0.05, 0) is 84.4 Å². The van der Waals surface area contributed by atoms with Crippen molar-refractivity contribution >= 4 is 17.4 Å². The summed E-state index contributed by atoms with van der Waals surface area (Å²) in [6.07, 6.45) is 2.91. The van der Waals surface area contributed by atoms with Crippen LogP contribution < -0.4 is 26.1 Å². The maximum absolute atomic E-state index is 15.2. The van der Waals surface area contributed by atoms with Crippen LogP contribution in [0.4, 0.5) is 20.3 Å². The molecule has 2 heterocycles. The lowest BCUT2D eigenvalue weighted by Gasteiger charge is -2.15. The predicted molar refractivity (Wildman–Crippen MR) is 167 cm³/mol. The molecule has 0 unspecified atom stereocenters. The van der Waals surface area contributed by atoms with E-state index in [2.05, 4.69) is 10.3 Å². The highest BCUT2D eigenvalue weighted by molar-refractivity contribution is 6.04. The Labute approximate surface area is 256 Å². The average molecular weight is 603 g/mol. The minimum atomic E-state index is -0.766. The molecule has 0 aliphatic carbocycles. The van der Waals surface area contributed by atoms with Crippen molar-refractivity contribution in [1.82, 2.24) is 9.55 Å². The van der Waals surface area contributed by atoms with E-state index in [9.17, 15) is 14.0 Å². The molecule has 0 bridgehead atoms. The number of ether oxygens (including phenoxy) is 2. The number of nitrogens with one attached hydrogen (secondary N) is 1. The first-order chi connectivity index (χ1) is 21.9. The van der Waals surface area contributed by atoms with Gasteiger partial charge in [0.25, 0.3) is 11.5 Å². The van der Waals surface area contributed by atoms with E-state index in [0.717, 1.165) is 6.07 Å². The highest BCUT2D eigenvalue weighted by Gasteiger charge is 2.17. The van der Waals surface area contributed by atoms with Crippen molar-refractivity contribution in [2.24, 2.45) is 0 Å². The first-order valence-electron chi connectivity index (χ1n) is 13.7. The van der Waals surface area contributed by atoms with Crippen LogP contribution in [0.2, 0.25) is 0 Å². The Hall–Kier alpha value is -6.29. The highest BCUT2D eigenvalue weighted by atomic mass is 19.1. The number of nitrogens with zero attached hydrogens (tertiary/aromatic N) is 2. The van der Waals surface area contributed by atoms with Gasteiger partial charge < -0.3 is 20.5 Å². The highest BCUT2D eigenvalue weighted by Crippen LogP contribution is 2.38. The lowest BCUT2D eigenvalue weighted by atomic mass is 10.1. The number of hydrogen-bond acceptors (Lipinski definition) is 6. The van der Waals surface area contributed by atoms with Crippen LogP contribution in [0.5, 0.6) is 23.0 Å². The van der Waals surface area contributed by atoms with E-state index in [0.29, 0.717) is 28.3 Å². The Balaban J connectivity index is 1.20. The lowest BCUT2D eigenvalue weighted by Crippen LogP contribution is -2.27. The molecule has 3 N–H and O–H groups in total. The van der Waals surface area contributed by atoms with Gasteiger partial charge in [0.15, 0.2) is 11.6 Å². The minimum absolute atomic E-state index is 0.102. The van der Waals surface area contributed by atoms with Gasteiger partial charge in [0.2, 0.25) is 0 Å². The Morgan fingerprint density at radius 1 is 0.778 bits per heavy atom. The van der Waals surface area contributed by atoms with E-state index in [-0.39, 0.29) is 28.6 Å². The van der Waals surface area contributed by atoms with Crippen molar-refractivity contribution in [1.29, 1.82) is 0 Å². The van der Waals surface area contributed by atoms with Crippen molar-refractivity contribution < 1.29 is 23.0 Å². The summed E-state index contributed by atoms with van der Waals surface area (Å²) in [6, 6.07) is 30.0. The molecule has 0 saturated heterocycles. The average Bonchev–Trinajstić information content (AvgIpc) is 3.04. The molecule has 0 fully saturated rings. The molecule has 45 heavy (non-hydrogen) atoms. The standard InChI is InChI=1S/C35H24F2N4O4/c36-23-10-13-25(14-11-23)41-20-4-7-28(35(41)43)34(42)40-24-12-17-30(29(37)21-24)45-31-18-19-39-33(38)32(31)22-8-15-27(16-9-22)44-26-5-2-1-3-6-26/h1-21H,(H2,38,39)(H,40,42). The van der Waals surface area contributed by atoms with Crippen LogP contribution in [0.15, 0.2) is 132 Å². The molecule has 6 aromatic rings. The third-order valence-electron chi connectivity index (χ3n) is 6.77. The van der Waals surface area contributed by atoms with Crippen LogP contribution in [0.3, 0.4) is 0 Å². The van der Waals surface area contributed by atoms with Gasteiger partial charge >= 0.3 is 0 Å². The Morgan fingerprint density at radius 2 is 1.51 bits per heavy atom. The molecule has 0 saturated carbocycles. The van der Waals surface area contributed by atoms with Gasteiger partial charge in [-0.2, -0.15) is 0 Å². The third kappa shape index (κ3) is 6.40. The molecule has 2 aromatic heterocycles. The summed E-state index contributed by atoms with van der Waals surface area (Å²) < 4.78 is 41.6. The second-order valence-electron chi connectivity index (χ2n) is 9.78. The zero-order chi connectivity index (χ0) is 31.3.